The van der Waals surface area contributed by atoms with Crippen LogP contribution < -0.4 is 5.32 Å². The van der Waals surface area contributed by atoms with Crippen LogP contribution in [0.5, 0.6) is 0 Å². The first-order valence-corrected chi connectivity index (χ1v) is 7.70. The Labute approximate surface area is 131 Å². The van der Waals surface area contributed by atoms with Gasteiger partial charge in [0.1, 0.15) is 0 Å². The van der Waals surface area contributed by atoms with Crippen LogP contribution in [-0.2, 0) is 4.79 Å². The highest BCUT2D eigenvalue weighted by atomic mass is 32.2. The number of piperazine rings is 1. The van der Waals surface area contributed by atoms with Crippen LogP contribution in [-0.4, -0.2) is 53.7 Å². The normalized spacial score (nSPS) is 15.1. The summed E-state index contributed by atoms with van der Waals surface area (Å²) in [6.07, 6.45) is 0. The molecule has 1 fully saturated rings. The van der Waals surface area contributed by atoms with Crippen molar-refractivity contribution < 1.29 is 18.4 Å². The molecule has 1 N–H and O–H groups in total. The largest absolute Gasteiger partial charge is 0.339 e. The van der Waals surface area contributed by atoms with E-state index in [-0.39, 0.29) is 11.9 Å². The van der Waals surface area contributed by atoms with Crippen molar-refractivity contribution >= 4 is 29.4 Å². The molecule has 1 aromatic carbocycles. The van der Waals surface area contributed by atoms with E-state index in [2.05, 4.69) is 5.32 Å². The number of nitrogens with one attached hydrogen (secondary N) is 1. The van der Waals surface area contributed by atoms with Crippen molar-refractivity contribution in [3.05, 3.63) is 24.3 Å². The van der Waals surface area contributed by atoms with Crippen LogP contribution in [0.2, 0.25) is 0 Å². The predicted molar refractivity (Wildman–Crippen MR) is 81.1 cm³/mol. The Bertz CT molecular complexity index is 531. The number of thioether (sulfide) groups is 1. The summed E-state index contributed by atoms with van der Waals surface area (Å²) in [5.41, 5.74) is 0.553. The maximum Gasteiger partial charge on any atom is 0.321 e. The fourth-order valence-corrected chi connectivity index (χ4v) is 2.65. The molecule has 0 atom stereocenters. The van der Waals surface area contributed by atoms with Gasteiger partial charge in [0.05, 0.1) is 0 Å². The summed E-state index contributed by atoms with van der Waals surface area (Å²) in [7, 11) is 0. The highest BCUT2D eigenvalue weighted by molar-refractivity contribution is 7.99. The Kier molecular flexibility index (Phi) is 5.59. The molecule has 0 bridgehead atoms. The number of rotatable bonds is 3. The molecule has 3 amide bonds. The second-order valence-electron chi connectivity index (χ2n) is 4.83. The van der Waals surface area contributed by atoms with Gasteiger partial charge in [-0.3, -0.25) is 4.79 Å². The zero-order chi connectivity index (χ0) is 16.1. The van der Waals surface area contributed by atoms with Crippen LogP contribution in [0.4, 0.5) is 19.3 Å². The molecule has 1 heterocycles. The molecule has 0 saturated carbocycles. The molecule has 5 nitrogen and oxygen atoms in total. The van der Waals surface area contributed by atoms with Crippen molar-refractivity contribution in [1.29, 1.82) is 0 Å². The molecule has 1 aliphatic heterocycles. The highest BCUT2D eigenvalue weighted by Gasteiger charge is 2.22. The van der Waals surface area contributed by atoms with Gasteiger partial charge in [0, 0.05) is 43.7 Å². The zero-order valence-corrected chi connectivity index (χ0v) is 12.9. The lowest BCUT2D eigenvalue weighted by atomic mass is 10.3. The predicted octanol–water partition coefficient (Wildman–Crippen LogP) is 2.70. The van der Waals surface area contributed by atoms with Gasteiger partial charge in [-0.15, -0.1) is 0 Å². The number of halogens is 2. The molecule has 22 heavy (non-hydrogen) atoms. The fraction of sp³-hybridized carbons (Fsp3) is 0.429. The molecule has 2 rings (SSSR count). The van der Waals surface area contributed by atoms with Gasteiger partial charge in [0.15, 0.2) is 0 Å². The maximum atomic E-state index is 12.2. The molecular formula is C14H17F2N3O2S. The lowest BCUT2D eigenvalue weighted by Crippen LogP contribution is -2.51. The molecule has 1 aliphatic rings. The summed E-state index contributed by atoms with van der Waals surface area (Å²) in [4.78, 5) is 27.1. The molecule has 0 radical (unpaired) electrons. The van der Waals surface area contributed by atoms with Gasteiger partial charge in [0.25, 0.3) is 5.76 Å². The highest BCUT2D eigenvalue weighted by Crippen LogP contribution is 2.26. The lowest BCUT2D eigenvalue weighted by molar-refractivity contribution is -0.130. The first kappa shape index (κ1) is 16.5. The molecule has 0 spiro atoms. The van der Waals surface area contributed by atoms with Gasteiger partial charge in [-0.05, 0) is 24.3 Å². The number of nitrogens with zero attached hydrogens (tertiary/aromatic N) is 2. The summed E-state index contributed by atoms with van der Waals surface area (Å²) >= 11 is 0.463. The van der Waals surface area contributed by atoms with Crippen molar-refractivity contribution in [2.45, 2.75) is 17.6 Å². The zero-order valence-electron chi connectivity index (χ0n) is 12.1. The Morgan fingerprint density at radius 3 is 2.14 bits per heavy atom. The summed E-state index contributed by atoms with van der Waals surface area (Å²) in [5, 5.41) is 2.72. The quantitative estimate of drug-likeness (QED) is 0.868. The van der Waals surface area contributed by atoms with Gasteiger partial charge in [-0.25, -0.2) is 4.79 Å². The second kappa shape index (κ2) is 7.44. The van der Waals surface area contributed by atoms with Gasteiger partial charge >= 0.3 is 6.03 Å². The van der Waals surface area contributed by atoms with E-state index in [0.717, 1.165) is 0 Å². The Hall–Kier alpha value is -1.83. The average Bonchev–Trinajstić information content (AvgIpc) is 2.49. The van der Waals surface area contributed by atoms with E-state index in [1.54, 1.807) is 34.1 Å². The minimum absolute atomic E-state index is 0.00665. The summed E-state index contributed by atoms with van der Waals surface area (Å²) in [5.74, 6) is -2.45. The molecule has 1 saturated heterocycles. The molecular weight excluding hydrogens is 312 g/mol. The number of carbonyl (C=O) groups excluding carboxylic acids is 2. The van der Waals surface area contributed by atoms with Crippen LogP contribution in [0.15, 0.2) is 29.2 Å². The number of anilines is 1. The minimum Gasteiger partial charge on any atom is -0.339 e. The first-order valence-electron chi connectivity index (χ1n) is 6.82. The van der Waals surface area contributed by atoms with E-state index in [4.69, 9.17) is 0 Å². The summed E-state index contributed by atoms with van der Waals surface area (Å²) in [6.45, 7) is 3.50. The van der Waals surface area contributed by atoms with Crippen LogP contribution in [0.3, 0.4) is 0 Å². The summed E-state index contributed by atoms with van der Waals surface area (Å²) < 4.78 is 24.4. The third kappa shape index (κ3) is 4.59. The summed E-state index contributed by atoms with van der Waals surface area (Å²) in [6, 6.07) is 6.01. The van der Waals surface area contributed by atoms with Crippen molar-refractivity contribution in [2.75, 3.05) is 31.5 Å². The van der Waals surface area contributed by atoms with E-state index >= 15 is 0 Å². The number of carbonyl (C=O) groups is 2. The monoisotopic (exact) mass is 329 g/mol. The Morgan fingerprint density at radius 1 is 1.09 bits per heavy atom. The molecule has 0 aromatic heterocycles. The average molecular weight is 329 g/mol. The number of urea groups is 1. The van der Waals surface area contributed by atoms with Crippen LogP contribution in [0.1, 0.15) is 6.92 Å². The number of amides is 3. The number of benzene rings is 1. The van der Waals surface area contributed by atoms with E-state index in [9.17, 15) is 18.4 Å². The lowest BCUT2D eigenvalue weighted by Gasteiger charge is -2.34. The number of hydrogen-bond acceptors (Lipinski definition) is 3. The maximum absolute atomic E-state index is 12.2. The fourth-order valence-electron chi connectivity index (χ4n) is 2.15. The molecule has 1 aromatic rings. The third-order valence-electron chi connectivity index (χ3n) is 3.34. The molecule has 8 heteroatoms. The molecule has 0 unspecified atom stereocenters. The first-order chi connectivity index (χ1) is 10.5. The van der Waals surface area contributed by atoms with Crippen LogP contribution in [0.25, 0.3) is 0 Å². The topological polar surface area (TPSA) is 52.7 Å². The van der Waals surface area contributed by atoms with E-state index in [1.165, 1.54) is 6.92 Å². The second-order valence-corrected chi connectivity index (χ2v) is 5.89. The van der Waals surface area contributed by atoms with Gasteiger partial charge in [-0.2, -0.15) is 8.78 Å². The molecule has 120 valence electrons. The number of hydrogen-bond donors (Lipinski definition) is 1. The van der Waals surface area contributed by atoms with Gasteiger partial charge < -0.3 is 15.1 Å². The Balaban J connectivity index is 1.86. The van der Waals surface area contributed by atoms with Crippen molar-refractivity contribution in [2.24, 2.45) is 0 Å². The molecule has 0 aliphatic carbocycles. The SMILES string of the molecule is CC(=O)N1CCN(C(=O)Nc2ccc(SC(F)F)cc2)CC1. The van der Waals surface area contributed by atoms with Crippen molar-refractivity contribution in [3.8, 4) is 0 Å². The van der Waals surface area contributed by atoms with Crippen molar-refractivity contribution in [1.82, 2.24) is 9.80 Å². The standard InChI is InChI=1S/C14H17F2N3O2S/c1-10(20)18-6-8-19(9-7-18)14(21)17-11-2-4-12(5-3-11)22-13(15)16/h2-5,13H,6-9H2,1H3,(H,17,21). The van der Waals surface area contributed by atoms with E-state index in [0.29, 0.717) is 48.5 Å². The third-order valence-corrected chi connectivity index (χ3v) is 4.07. The van der Waals surface area contributed by atoms with Gasteiger partial charge in [0.2, 0.25) is 5.91 Å². The van der Waals surface area contributed by atoms with Crippen LogP contribution in [0, 0.1) is 0 Å². The number of alkyl halides is 2. The smallest absolute Gasteiger partial charge is 0.321 e. The van der Waals surface area contributed by atoms with E-state index in [1.807, 2.05) is 0 Å². The minimum atomic E-state index is -2.46. The van der Waals surface area contributed by atoms with Crippen LogP contribution >= 0.6 is 11.8 Å². The van der Waals surface area contributed by atoms with Crippen molar-refractivity contribution in [3.63, 3.8) is 0 Å². The Morgan fingerprint density at radius 2 is 1.64 bits per heavy atom. The van der Waals surface area contributed by atoms with E-state index < -0.39 is 5.76 Å². The van der Waals surface area contributed by atoms with Gasteiger partial charge in [-0.1, -0.05) is 11.8 Å².